The standard InChI is InChI=1S/C75H77N4O.Pt/c1-71(2,3)51-35-37-56(58(42-51)47-27-19-16-20-28-47)60-46-63(76-66(60)49-31-23-18-24-32-49)50-39-53(73(7,8)9)41-55(40-50)78-64-34-26-25-33-57(64)67-70(78)77-69(61-44-54(74(10,11)12)45-62(68(61)80)75(13,14)15)79(67)65-38-36-52(72(4,5)6)43-59(65)48-29-21-17-22-30-48;/h16-39,41-46,60,80H,1-15H3;/q-1;. The topological polar surface area (TPSA) is 55.3 Å². The van der Waals surface area contributed by atoms with Crippen LogP contribution in [0, 0.1) is 6.07 Å². The van der Waals surface area contributed by atoms with Crippen LogP contribution in [0.3, 0.4) is 0 Å². The summed E-state index contributed by atoms with van der Waals surface area (Å²) in [6.45, 7) is 33.8. The zero-order valence-corrected chi connectivity index (χ0v) is 52.2. The van der Waals surface area contributed by atoms with E-state index in [1.807, 2.05) is 0 Å². The molecule has 10 aromatic rings. The van der Waals surface area contributed by atoms with Crippen LogP contribution in [0.5, 0.6) is 5.75 Å². The molecule has 6 heteroatoms. The largest absolute Gasteiger partial charge is 0.507 e. The second-order valence-corrected chi connectivity index (χ2v) is 27.3. The van der Waals surface area contributed by atoms with Crippen molar-refractivity contribution < 1.29 is 26.2 Å². The molecule has 3 heterocycles. The van der Waals surface area contributed by atoms with Crippen molar-refractivity contribution in [1.29, 1.82) is 0 Å². The summed E-state index contributed by atoms with van der Waals surface area (Å²) in [5.74, 6) is 0.772. The molecule has 1 atom stereocenters. The van der Waals surface area contributed by atoms with Gasteiger partial charge in [0, 0.05) is 49.2 Å². The molecule has 0 amide bonds. The number of para-hydroxylation sites is 1. The van der Waals surface area contributed by atoms with Gasteiger partial charge in [-0.05, 0) is 107 Å². The van der Waals surface area contributed by atoms with E-state index in [4.69, 9.17) is 9.98 Å². The maximum Gasteiger partial charge on any atom is 0.163 e. The number of aromatic nitrogens is 3. The smallest absolute Gasteiger partial charge is 0.163 e. The van der Waals surface area contributed by atoms with Gasteiger partial charge in [-0.3, -0.25) is 4.57 Å². The summed E-state index contributed by atoms with van der Waals surface area (Å²) in [6, 6.07) is 67.8. The number of fused-ring (bicyclic) bond motifs is 3. The molecule has 1 aliphatic heterocycles. The molecule has 0 aliphatic carbocycles. The first-order valence-corrected chi connectivity index (χ1v) is 28.5. The van der Waals surface area contributed by atoms with Gasteiger partial charge >= 0.3 is 0 Å². The second-order valence-electron chi connectivity index (χ2n) is 27.3. The zero-order valence-electron chi connectivity index (χ0n) is 50.0. The van der Waals surface area contributed by atoms with Crippen LogP contribution in [0.1, 0.15) is 154 Å². The van der Waals surface area contributed by atoms with Gasteiger partial charge in [-0.2, -0.15) is 0 Å². The van der Waals surface area contributed by atoms with E-state index in [9.17, 15) is 5.11 Å². The van der Waals surface area contributed by atoms with Gasteiger partial charge < -0.3 is 14.7 Å². The van der Waals surface area contributed by atoms with E-state index >= 15 is 0 Å². The Morgan fingerprint density at radius 1 is 0.469 bits per heavy atom. The van der Waals surface area contributed by atoms with Crippen LogP contribution >= 0.6 is 0 Å². The molecule has 8 aromatic carbocycles. The van der Waals surface area contributed by atoms with E-state index in [-0.39, 0.29) is 59.8 Å². The molecule has 0 fully saturated rings. The molecule has 81 heavy (non-hydrogen) atoms. The Hall–Kier alpha value is -7.33. The third kappa shape index (κ3) is 10.8. The van der Waals surface area contributed by atoms with Gasteiger partial charge in [-0.25, -0.2) is 4.98 Å². The van der Waals surface area contributed by atoms with Crippen LogP contribution in [0.2, 0.25) is 0 Å². The summed E-state index contributed by atoms with van der Waals surface area (Å²) in [6.07, 6.45) is 2.36. The van der Waals surface area contributed by atoms with Crippen molar-refractivity contribution in [3.8, 4) is 50.8 Å². The molecule has 1 N–H and O–H groups in total. The van der Waals surface area contributed by atoms with Crippen LogP contribution in [0.25, 0.3) is 72.8 Å². The normalized spacial score (nSPS) is 14.3. The molecule has 11 rings (SSSR count). The van der Waals surface area contributed by atoms with Gasteiger partial charge in [0.05, 0.1) is 16.8 Å². The number of hydrogen-bond donors (Lipinski definition) is 1. The molecule has 1 aliphatic rings. The summed E-state index contributed by atoms with van der Waals surface area (Å²) >= 11 is 0. The van der Waals surface area contributed by atoms with E-state index < -0.39 is 0 Å². The predicted molar refractivity (Wildman–Crippen MR) is 338 cm³/mol. The van der Waals surface area contributed by atoms with Gasteiger partial charge in [0.1, 0.15) is 11.3 Å². The number of aliphatic imine (C=N–C) groups is 1. The minimum absolute atomic E-state index is 0. The zero-order chi connectivity index (χ0) is 56.8. The van der Waals surface area contributed by atoms with Gasteiger partial charge in [0.15, 0.2) is 11.5 Å². The quantitative estimate of drug-likeness (QED) is 0.154. The molecule has 1 unspecified atom stereocenters. The Morgan fingerprint density at radius 2 is 0.975 bits per heavy atom. The van der Waals surface area contributed by atoms with Gasteiger partial charge in [-0.15, -0.1) is 29.3 Å². The third-order valence-electron chi connectivity index (χ3n) is 16.2. The Labute approximate surface area is 495 Å². The van der Waals surface area contributed by atoms with E-state index in [0.29, 0.717) is 11.4 Å². The number of allylic oxidation sites excluding steroid dienone is 1. The number of rotatable bonds is 8. The first kappa shape index (κ1) is 56.9. The fourth-order valence-corrected chi connectivity index (χ4v) is 11.4. The summed E-state index contributed by atoms with van der Waals surface area (Å²) in [5.41, 5.74) is 19.6. The maximum atomic E-state index is 12.9. The minimum atomic E-state index is -0.364. The number of phenols is 1. The number of aromatic hydroxyl groups is 1. The average molecular weight is 1250 g/mol. The van der Waals surface area contributed by atoms with Crippen LogP contribution in [0.4, 0.5) is 0 Å². The number of nitrogens with zero attached hydrogens (tertiary/aromatic N) is 4. The fraction of sp³-hybridized carbons (Fsp3) is 0.280. The molecule has 2 aromatic heterocycles. The van der Waals surface area contributed by atoms with Crippen LogP contribution in [0.15, 0.2) is 187 Å². The second kappa shape index (κ2) is 20.9. The molecule has 0 bridgehead atoms. The van der Waals surface area contributed by atoms with E-state index in [2.05, 4.69) is 301 Å². The van der Waals surface area contributed by atoms with Gasteiger partial charge in [0.25, 0.3) is 0 Å². The number of benzene rings is 8. The number of imidazole rings is 1. The van der Waals surface area contributed by atoms with Crippen LogP contribution in [-0.2, 0) is 48.1 Å². The van der Waals surface area contributed by atoms with Crippen molar-refractivity contribution in [3.63, 3.8) is 0 Å². The first-order valence-electron chi connectivity index (χ1n) is 28.5. The summed E-state index contributed by atoms with van der Waals surface area (Å²) in [5, 5.41) is 13.9. The Kier molecular flexibility index (Phi) is 14.7. The molecular formula is C75H77N4OPt-. The summed E-state index contributed by atoms with van der Waals surface area (Å²) < 4.78 is 4.64. The molecule has 414 valence electrons. The van der Waals surface area contributed by atoms with Gasteiger partial charge in [-0.1, -0.05) is 249 Å². The number of hydrogen-bond acceptors (Lipinski definition) is 3. The molecule has 0 radical (unpaired) electrons. The first-order chi connectivity index (χ1) is 37.8. The number of phenolic OH excluding ortho intramolecular Hbond substituents is 1. The predicted octanol–water partition coefficient (Wildman–Crippen LogP) is 19.6. The maximum absolute atomic E-state index is 12.9. The minimum Gasteiger partial charge on any atom is -0.507 e. The SMILES string of the molecule is CC(C)(C)c1cc(C2=CC(c3ccc(C(C)(C)C)cc3-c3ccccc3)C(c3ccccc3)=N2)[c-]c(-n2c3ccccc3c3c2nc(-c2cc(C(C)(C)C)cc(C(C)(C)C)c2O)n3-c2ccc(C(C)(C)C)cc2-c2ccccc2)c1.[Pt]. The van der Waals surface area contributed by atoms with Crippen LogP contribution in [-0.4, -0.2) is 24.9 Å². The van der Waals surface area contributed by atoms with E-state index in [1.54, 1.807) is 0 Å². The Bertz CT molecular complexity index is 4060. The third-order valence-corrected chi connectivity index (χ3v) is 16.2. The molecule has 0 saturated carbocycles. The van der Waals surface area contributed by atoms with E-state index in [1.165, 1.54) is 27.8 Å². The fourth-order valence-electron chi connectivity index (χ4n) is 11.4. The molecular weight excluding hydrogens is 1170 g/mol. The molecule has 0 saturated heterocycles. The van der Waals surface area contributed by atoms with Crippen molar-refractivity contribution in [2.75, 3.05) is 0 Å². The Morgan fingerprint density at radius 3 is 1.56 bits per heavy atom. The van der Waals surface area contributed by atoms with Crippen molar-refractivity contribution in [2.24, 2.45) is 4.99 Å². The average Bonchev–Trinajstić information content (AvgIpc) is 4.27. The van der Waals surface area contributed by atoms with E-state index in [0.717, 1.165) is 83.8 Å². The van der Waals surface area contributed by atoms with Crippen molar-refractivity contribution in [2.45, 2.75) is 137 Å². The monoisotopic (exact) mass is 1240 g/mol. The summed E-state index contributed by atoms with van der Waals surface area (Å²) in [4.78, 5) is 11.6. The Balaban J connectivity index is 0.00000736. The van der Waals surface area contributed by atoms with Crippen LogP contribution < -0.4 is 0 Å². The molecule has 5 nitrogen and oxygen atoms in total. The van der Waals surface area contributed by atoms with Crippen molar-refractivity contribution in [1.82, 2.24) is 14.1 Å². The van der Waals surface area contributed by atoms with Crippen molar-refractivity contribution >= 4 is 33.5 Å². The summed E-state index contributed by atoms with van der Waals surface area (Å²) in [7, 11) is 0. The van der Waals surface area contributed by atoms with Crippen molar-refractivity contribution in [3.05, 3.63) is 233 Å². The van der Waals surface area contributed by atoms with Gasteiger partial charge in [0.2, 0.25) is 0 Å². The molecule has 0 spiro atoms.